The van der Waals surface area contributed by atoms with Crippen LogP contribution in [0.15, 0.2) is 29.8 Å². The molecule has 5 heteroatoms. The summed E-state index contributed by atoms with van der Waals surface area (Å²) in [5.41, 5.74) is 1.11. The molecule has 0 amide bonds. The highest BCUT2D eigenvalue weighted by molar-refractivity contribution is 14.1. The third kappa shape index (κ3) is 2.56. The predicted octanol–water partition coefficient (Wildman–Crippen LogP) is 3.99. The number of nitrogens with zero attached hydrogens (tertiary/aromatic N) is 1. The number of allylic oxidation sites excluding steroid dienone is 1. The van der Waals surface area contributed by atoms with Crippen molar-refractivity contribution in [3.05, 3.63) is 38.6 Å². The van der Waals surface area contributed by atoms with Crippen molar-refractivity contribution in [2.75, 3.05) is 11.7 Å². The van der Waals surface area contributed by atoms with Crippen LogP contribution >= 0.6 is 22.6 Å². The molecule has 0 fully saturated rings. The Balaban J connectivity index is 2.40. The molecule has 0 N–H and O–H groups in total. The van der Waals surface area contributed by atoms with Gasteiger partial charge in [0.05, 0.1) is 18.0 Å². The van der Waals surface area contributed by atoms with Gasteiger partial charge >= 0.3 is 5.95 Å². The van der Waals surface area contributed by atoms with E-state index < -0.39 is 0 Å². The summed E-state index contributed by atoms with van der Waals surface area (Å²) < 4.78 is 12.1. The Hall–Kier alpha value is -0.950. The number of anilines is 1. The van der Waals surface area contributed by atoms with Gasteiger partial charge in [-0.15, -0.1) is 0 Å². The minimum absolute atomic E-state index is 0.336. The predicted molar refractivity (Wildman–Crippen MR) is 79.2 cm³/mol. The monoisotopic (exact) mass is 360 g/mol. The van der Waals surface area contributed by atoms with Crippen molar-refractivity contribution in [3.8, 4) is 5.75 Å². The number of benzene rings is 1. The van der Waals surface area contributed by atoms with E-state index in [9.17, 15) is 5.21 Å². The lowest BCUT2D eigenvalue weighted by Gasteiger charge is -2.38. The van der Waals surface area contributed by atoms with Crippen LogP contribution in [0.2, 0.25) is 0 Å². The fraction of sp³-hybridized carbons (Fsp3) is 0.385. The molecule has 0 aliphatic carbocycles. The molecule has 0 bridgehead atoms. The molecule has 1 aromatic rings. The zero-order chi connectivity index (χ0) is 13.1. The van der Waals surface area contributed by atoms with Gasteiger partial charge < -0.3 is 19.7 Å². The first-order valence-corrected chi connectivity index (χ1v) is 7.05. The number of ether oxygens (including phenoxy) is 2. The van der Waals surface area contributed by atoms with Gasteiger partial charge in [-0.3, -0.25) is 0 Å². The van der Waals surface area contributed by atoms with Crippen molar-refractivity contribution in [1.82, 2.24) is 0 Å². The van der Waals surface area contributed by atoms with Crippen LogP contribution in [-0.4, -0.2) is 6.61 Å². The van der Waals surface area contributed by atoms with E-state index in [0.29, 0.717) is 36.1 Å². The van der Waals surface area contributed by atoms with Crippen LogP contribution in [0.5, 0.6) is 5.75 Å². The molecule has 1 aliphatic heterocycles. The zero-order valence-electron chi connectivity index (χ0n) is 10.4. The highest BCUT2D eigenvalue weighted by Crippen LogP contribution is 2.39. The second-order valence-electron chi connectivity index (χ2n) is 3.93. The largest absolute Gasteiger partial charge is 0.754 e. The summed E-state index contributed by atoms with van der Waals surface area (Å²) in [4.78, 5) is 0. The first-order chi connectivity index (χ1) is 8.67. The molecule has 0 saturated carbocycles. The molecule has 18 heavy (non-hydrogen) atoms. The molecule has 0 aromatic heterocycles. The van der Waals surface area contributed by atoms with E-state index in [1.54, 1.807) is 6.07 Å². The number of hydrogen-bond acceptors (Lipinski definition) is 4. The number of halogens is 1. The SMILES string of the molecule is CCCC1=C(OCC)Oc2ccc(I)cc2N1[O-]. The molecule has 0 atom stereocenters. The van der Waals surface area contributed by atoms with Crippen molar-refractivity contribution in [1.29, 1.82) is 0 Å². The Morgan fingerprint density at radius 2 is 2.17 bits per heavy atom. The maximum atomic E-state index is 12.3. The second-order valence-corrected chi connectivity index (χ2v) is 5.17. The molecule has 0 unspecified atom stereocenters. The normalized spacial score (nSPS) is 14.3. The maximum absolute atomic E-state index is 12.3. The minimum Gasteiger partial charge on any atom is -0.754 e. The van der Waals surface area contributed by atoms with Gasteiger partial charge in [-0.25, -0.2) is 0 Å². The molecule has 2 rings (SSSR count). The molecule has 1 aromatic carbocycles. The lowest BCUT2D eigenvalue weighted by atomic mass is 10.2. The van der Waals surface area contributed by atoms with Crippen LogP contribution in [0.3, 0.4) is 0 Å². The van der Waals surface area contributed by atoms with Gasteiger partial charge in [-0.1, -0.05) is 13.3 Å². The summed E-state index contributed by atoms with van der Waals surface area (Å²) in [5.74, 6) is 0.886. The summed E-state index contributed by atoms with van der Waals surface area (Å²) >= 11 is 2.18. The van der Waals surface area contributed by atoms with Crippen LogP contribution in [0.4, 0.5) is 5.69 Å². The fourth-order valence-electron chi connectivity index (χ4n) is 1.81. The van der Waals surface area contributed by atoms with E-state index in [4.69, 9.17) is 9.47 Å². The van der Waals surface area contributed by atoms with Crippen molar-refractivity contribution in [2.24, 2.45) is 0 Å². The molecule has 1 heterocycles. The highest BCUT2D eigenvalue weighted by atomic mass is 127. The lowest BCUT2D eigenvalue weighted by molar-refractivity contribution is 0.107. The Morgan fingerprint density at radius 3 is 2.83 bits per heavy atom. The van der Waals surface area contributed by atoms with E-state index in [2.05, 4.69) is 22.6 Å². The smallest absolute Gasteiger partial charge is 0.304 e. The molecular weight excluding hydrogens is 345 g/mol. The molecule has 1 aliphatic rings. The van der Waals surface area contributed by atoms with Gasteiger partial charge in [-0.2, -0.15) is 0 Å². The fourth-order valence-corrected chi connectivity index (χ4v) is 2.28. The number of hydroxylamine groups is 1. The Bertz CT molecular complexity index is 473. The average Bonchev–Trinajstić information content (AvgIpc) is 2.35. The van der Waals surface area contributed by atoms with Crippen molar-refractivity contribution in [2.45, 2.75) is 26.7 Å². The van der Waals surface area contributed by atoms with Gasteiger partial charge in [0.2, 0.25) is 0 Å². The summed E-state index contributed by atoms with van der Waals surface area (Å²) in [6.07, 6.45) is 1.51. The van der Waals surface area contributed by atoms with Crippen molar-refractivity contribution >= 4 is 28.3 Å². The van der Waals surface area contributed by atoms with Crippen LogP contribution in [0.25, 0.3) is 0 Å². The highest BCUT2D eigenvalue weighted by Gasteiger charge is 2.22. The van der Waals surface area contributed by atoms with Gasteiger partial charge in [-0.05, 0) is 54.1 Å². The zero-order valence-corrected chi connectivity index (χ0v) is 12.6. The molecule has 98 valence electrons. The summed E-state index contributed by atoms with van der Waals surface area (Å²) in [7, 11) is 0. The van der Waals surface area contributed by atoms with E-state index in [1.807, 2.05) is 26.0 Å². The maximum Gasteiger partial charge on any atom is 0.304 e. The standard InChI is InChI=1S/C13H15INO3/c1-3-5-10-13(17-4-2)18-12-7-6-9(14)8-11(12)15(10)16/h6-8H,3-5H2,1-2H3/q-1. The summed E-state index contributed by atoms with van der Waals surface area (Å²) in [6.45, 7) is 4.38. The molecule has 0 saturated heterocycles. The van der Waals surface area contributed by atoms with Gasteiger partial charge in [0.15, 0.2) is 5.75 Å². The van der Waals surface area contributed by atoms with Crippen molar-refractivity contribution in [3.63, 3.8) is 0 Å². The summed E-state index contributed by atoms with van der Waals surface area (Å²) in [6, 6.07) is 5.52. The van der Waals surface area contributed by atoms with Gasteiger partial charge in [0, 0.05) is 3.57 Å². The first kappa shape index (κ1) is 13.5. The van der Waals surface area contributed by atoms with E-state index in [-0.39, 0.29) is 0 Å². The lowest BCUT2D eigenvalue weighted by Crippen LogP contribution is -2.24. The van der Waals surface area contributed by atoms with E-state index >= 15 is 0 Å². The number of fused-ring (bicyclic) bond motifs is 1. The average molecular weight is 360 g/mol. The molecule has 0 radical (unpaired) electrons. The Labute approximate surface area is 120 Å². The van der Waals surface area contributed by atoms with Crippen LogP contribution < -0.4 is 9.80 Å². The quantitative estimate of drug-likeness (QED) is 0.762. The van der Waals surface area contributed by atoms with Gasteiger partial charge in [0.1, 0.15) is 0 Å². The van der Waals surface area contributed by atoms with Crippen LogP contribution in [-0.2, 0) is 4.74 Å². The topological polar surface area (TPSA) is 44.8 Å². The molecular formula is C13H15INO3-. The first-order valence-electron chi connectivity index (χ1n) is 5.98. The van der Waals surface area contributed by atoms with E-state index in [0.717, 1.165) is 15.1 Å². The second kappa shape index (κ2) is 5.79. The Kier molecular flexibility index (Phi) is 4.34. The molecule has 0 spiro atoms. The van der Waals surface area contributed by atoms with Crippen LogP contribution in [0.1, 0.15) is 26.7 Å². The molecule has 4 nitrogen and oxygen atoms in total. The van der Waals surface area contributed by atoms with Crippen molar-refractivity contribution < 1.29 is 9.47 Å². The Morgan fingerprint density at radius 1 is 1.39 bits per heavy atom. The number of rotatable bonds is 4. The van der Waals surface area contributed by atoms with Crippen LogP contribution in [0, 0.1) is 8.78 Å². The van der Waals surface area contributed by atoms with Gasteiger partial charge in [0.25, 0.3) is 0 Å². The van der Waals surface area contributed by atoms with E-state index in [1.165, 1.54) is 0 Å². The summed E-state index contributed by atoms with van der Waals surface area (Å²) in [5, 5.41) is 13.3. The minimum atomic E-state index is 0.336. The third-order valence-electron chi connectivity index (χ3n) is 2.59. The number of hydrogen-bond donors (Lipinski definition) is 0. The third-order valence-corrected chi connectivity index (χ3v) is 3.26.